The Morgan fingerprint density at radius 3 is 2.42 bits per heavy atom. The summed E-state index contributed by atoms with van der Waals surface area (Å²) in [5.41, 5.74) is -3.73. The maximum atomic E-state index is 12.9. The van der Waals surface area contributed by atoms with Gasteiger partial charge in [-0.1, -0.05) is 6.07 Å². The summed E-state index contributed by atoms with van der Waals surface area (Å²) in [6.45, 7) is -0.130. The molecule has 188 valence electrons. The van der Waals surface area contributed by atoms with Gasteiger partial charge in [0, 0.05) is 24.9 Å². The molecule has 0 amide bonds. The third kappa shape index (κ3) is 4.92. The first kappa shape index (κ1) is 24.9. The third-order valence-electron chi connectivity index (χ3n) is 5.70. The Balaban J connectivity index is 1.61. The Bertz CT molecular complexity index is 1380. The molecule has 0 bridgehead atoms. The Labute approximate surface area is 198 Å². The summed E-state index contributed by atoms with van der Waals surface area (Å²) in [4.78, 5) is 22.9. The van der Waals surface area contributed by atoms with E-state index >= 15 is 0 Å². The highest BCUT2D eigenvalue weighted by Gasteiger charge is 2.39. The molecular weight excluding hydrogens is 494 g/mol. The SMILES string of the molecule is N#CC(=N)c1c(NCc2ccc(C(F)(F)F)nc2)nc(C2CCC2n2ccc(C(F)(F)F)n2)[nH]c1=O. The van der Waals surface area contributed by atoms with Gasteiger partial charge in [0.25, 0.3) is 5.56 Å². The lowest BCUT2D eigenvalue weighted by Crippen LogP contribution is -2.32. The monoisotopic (exact) mass is 510 g/mol. The quantitative estimate of drug-likeness (QED) is 0.339. The number of nitrogens with one attached hydrogen (secondary N) is 3. The lowest BCUT2D eigenvalue weighted by atomic mass is 9.79. The number of nitriles is 1. The van der Waals surface area contributed by atoms with Crippen molar-refractivity contribution in [1.29, 1.82) is 10.7 Å². The van der Waals surface area contributed by atoms with E-state index in [2.05, 4.69) is 25.4 Å². The lowest BCUT2D eigenvalue weighted by molar-refractivity contribution is -0.142. The van der Waals surface area contributed by atoms with E-state index in [4.69, 9.17) is 10.7 Å². The first-order valence-electron chi connectivity index (χ1n) is 10.4. The van der Waals surface area contributed by atoms with Crippen molar-refractivity contribution in [2.75, 3.05) is 5.32 Å². The molecule has 0 radical (unpaired) electrons. The summed E-state index contributed by atoms with van der Waals surface area (Å²) in [7, 11) is 0. The van der Waals surface area contributed by atoms with Crippen LogP contribution in [0.1, 0.15) is 53.1 Å². The van der Waals surface area contributed by atoms with Gasteiger partial charge in [0.2, 0.25) is 0 Å². The number of H-pyrrole nitrogens is 1. The second-order valence-corrected chi connectivity index (χ2v) is 7.99. The second-order valence-electron chi connectivity index (χ2n) is 7.99. The number of pyridine rings is 1. The zero-order chi connectivity index (χ0) is 26.3. The van der Waals surface area contributed by atoms with Crippen molar-refractivity contribution in [3.05, 3.63) is 69.3 Å². The molecule has 3 aromatic rings. The number of aromatic nitrogens is 5. The minimum Gasteiger partial charge on any atom is -0.365 e. The average molecular weight is 510 g/mol. The molecule has 2 unspecified atom stereocenters. The molecule has 1 aliphatic rings. The van der Waals surface area contributed by atoms with Crippen LogP contribution in [0.3, 0.4) is 0 Å². The van der Waals surface area contributed by atoms with E-state index in [9.17, 15) is 31.1 Å². The second kappa shape index (κ2) is 9.10. The van der Waals surface area contributed by atoms with E-state index in [-0.39, 0.29) is 23.8 Å². The number of hydrogen-bond acceptors (Lipinski definition) is 7. The first-order chi connectivity index (χ1) is 16.9. The van der Waals surface area contributed by atoms with Gasteiger partial charge in [-0.3, -0.25) is 19.9 Å². The number of anilines is 1. The van der Waals surface area contributed by atoms with Crippen LogP contribution in [0, 0.1) is 16.7 Å². The van der Waals surface area contributed by atoms with Gasteiger partial charge < -0.3 is 10.3 Å². The molecule has 9 nitrogen and oxygen atoms in total. The van der Waals surface area contributed by atoms with Gasteiger partial charge in [0.15, 0.2) is 5.69 Å². The van der Waals surface area contributed by atoms with Crippen molar-refractivity contribution in [1.82, 2.24) is 24.7 Å². The minimum absolute atomic E-state index is 0.114. The van der Waals surface area contributed by atoms with Crippen LogP contribution in [0.25, 0.3) is 0 Å². The molecule has 15 heteroatoms. The van der Waals surface area contributed by atoms with Crippen molar-refractivity contribution < 1.29 is 26.3 Å². The maximum Gasteiger partial charge on any atom is 0.435 e. The molecule has 0 aromatic carbocycles. The highest BCUT2D eigenvalue weighted by atomic mass is 19.4. The van der Waals surface area contributed by atoms with Crippen molar-refractivity contribution in [2.45, 2.75) is 43.7 Å². The van der Waals surface area contributed by atoms with Gasteiger partial charge in [0.1, 0.15) is 34.7 Å². The molecule has 1 saturated carbocycles. The van der Waals surface area contributed by atoms with Crippen LogP contribution >= 0.6 is 0 Å². The summed E-state index contributed by atoms with van der Waals surface area (Å²) in [6, 6.07) is 3.82. The number of rotatable bonds is 6. The van der Waals surface area contributed by atoms with Crippen LogP contribution in [0.5, 0.6) is 0 Å². The van der Waals surface area contributed by atoms with Crippen molar-refractivity contribution in [2.24, 2.45) is 0 Å². The number of halogens is 6. The summed E-state index contributed by atoms with van der Waals surface area (Å²) in [5, 5.41) is 23.2. The molecule has 1 aliphatic carbocycles. The largest absolute Gasteiger partial charge is 0.435 e. The Kier molecular flexibility index (Phi) is 6.29. The molecular formula is C21H16F6N8O. The molecule has 36 heavy (non-hydrogen) atoms. The molecule has 4 rings (SSSR count). The highest BCUT2D eigenvalue weighted by molar-refractivity contribution is 6.12. The predicted octanol–water partition coefficient (Wildman–Crippen LogP) is 4.02. The standard InChI is InChI=1S/C21H16F6N8O/c22-20(23,24)14-4-1-10(8-30-14)9-31-18-16(12(29)7-28)19(36)33-17(32-18)11-2-3-13(11)35-6-5-15(34-35)21(25,26)27/h1,4-6,8,11,13,29H,2-3,9H2,(H2,31,32,33,36). The van der Waals surface area contributed by atoms with Crippen LogP contribution < -0.4 is 10.9 Å². The van der Waals surface area contributed by atoms with E-state index in [1.54, 1.807) is 0 Å². The summed E-state index contributed by atoms with van der Waals surface area (Å²) in [6.07, 6.45) is -6.10. The van der Waals surface area contributed by atoms with E-state index in [0.717, 1.165) is 23.0 Å². The zero-order valence-corrected chi connectivity index (χ0v) is 18.1. The van der Waals surface area contributed by atoms with Crippen molar-refractivity contribution in [3.8, 4) is 6.07 Å². The maximum absolute atomic E-state index is 12.9. The van der Waals surface area contributed by atoms with Crippen LogP contribution in [-0.2, 0) is 18.9 Å². The van der Waals surface area contributed by atoms with Crippen LogP contribution in [0.15, 0.2) is 35.4 Å². The van der Waals surface area contributed by atoms with Gasteiger partial charge in [-0.25, -0.2) is 4.98 Å². The normalized spacial score (nSPS) is 17.8. The minimum atomic E-state index is -4.61. The number of nitrogens with zero attached hydrogens (tertiary/aromatic N) is 5. The Hall–Kier alpha value is -4.22. The molecule has 3 N–H and O–H groups in total. The van der Waals surface area contributed by atoms with Crippen LogP contribution in [0.2, 0.25) is 0 Å². The molecule has 3 aromatic heterocycles. The lowest BCUT2D eigenvalue weighted by Gasteiger charge is -2.36. The molecule has 1 fully saturated rings. The van der Waals surface area contributed by atoms with Gasteiger partial charge in [-0.05, 0) is 30.5 Å². The van der Waals surface area contributed by atoms with E-state index in [1.165, 1.54) is 18.3 Å². The topological polar surface area (TPSA) is 136 Å². The van der Waals surface area contributed by atoms with E-state index in [1.807, 2.05) is 0 Å². The van der Waals surface area contributed by atoms with Gasteiger partial charge in [-0.2, -0.15) is 36.7 Å². The molecule has 0 saturated heterocycles. The zero-order valence-electron chi connectivity index (χ0n) is 18.1. The molecule has 3 heterocycles. The van der Waals surface area contributed by atoms with Crippen LogP contribution in [0.4, 0.5) is 32.2 Å². The summed E-state index contributed by atoms with van der Waals surface area (Å²) < 4.78 is 78.1. The summed E-state index contributed by atoms with van der Waals surface area (Å²) in [5.74, 6) is -0.553. The van der Waals surface area contributed by atoms with Crippen LogP contribution in [-0.4, -0.2) is 30.4 Å². The number of hydrogen-bond donors (Lipinski definition) is 3. The smallest absolute Gasteiger partial charge is 0.365 e. The summed E-state index contributed by atoms with van der Waals surface area (Å²) >= 11 is 0. The van der Waals surface area contributed by atoms with E-state index < -0.39 is 47.0 Å². The molecule has 0 aliphatic heterocycles. The Morgan fingerprint density at radius 2 is 1.89 bits per heavy atom. The van der Waals surface area contributed by atoms with Crippen molar-refractivity contribution in [3.63, 3.8) is 0 Å². The molecule has 0 spiro atoms. The fraction of sp³-hybridized carbons (Fsp3) is 0.333. The van der Waals surface area contributed by atoms with Crippen molar-refractivity contribution >= 4 is 11.5 Å². The number of alkyl halides is 6. The number of aromatic amines is 1. The fourth-order valence-corrected chi connectivity index (χ4v) is 3.76. The Morgan fingerprint density at radius 1 is 1.17 bits per heavy atom. The third-order valence-corrected chi connectivity index (χ3v) is 5.70. The predicted molar refractivity (Wildman–Crippen MR) is 112 cm³/mol. The average Bonchev–Trinajstić information content (AvgIpc) is 3.26. The first-order valence-corrected chi connectivity index (χ1v) is 10.4. The fourth-order valence-electron chi connectivity index (χ4n) is 3.76. The van der Waals surface area contributed by atoms with Gasteiger partial charge in [0.05, 0.1) is 6.04 Å². The van der Waals surface area contributed by atoms with E-state index in [0.29, 0.717) is 18.4 Å². The van der Waals surface area contributed by atoms with Gasteiger partial charge in [-0.15, -0.1) is 0 Å². The highest BCUT2D eigenvalue weighted by Crippen LogP contribution is 2.45. The molecule has 2 atom stereocenters. The van der Waals surface area contributed by atoms with Gasteiger partial charge >= 0.3 is 12.4 Å².